The first-order valence-electron chi connectivity index (χ1n) is 6.78. The molecule has 0 atom stereocenters. The number of benzene rings is 1. The fourth-order valence-electron chi connectivity index (χ4n) is 2.05. The summed E-state index contributed by atoms with van der Waals surface area (Å²) in [5, 5.41) is 0. The Balaban J connectivity index is 2.39. The number of aromatic nitrogens is 1. The van der Waals surface area contributed by atoms with Crippen LogP contribution in [0.2, 0.25) is 0 Å². The van der Waals surface area contributed by atoms with Crippen LogP contribution in [0.25, 0.3) is 11.1 Å². The molecule has 0 radical (unpaired) electrons. The summed E-state index contributed by atoms with van der Waals surface area (Å²) in [5.74, 6) is -0.395. The lowest BCUT2D eigenvalue weighted by Gasteiger charge is -2.17. The summed E-state index contributed by atoms with van der Waals surface area (Å²) < 4.78 is 10.6. The first kappa shape index (κ1) is 15.3. The van der Waals surface area contributed by atoms with Gasteiger partial charge < -0.3 is 19.0 Å². The van der Waals surface area contributed by atoms with E-state index in [9.17, 15) is 4.79 Å². The Hall–Kier alpha value is -2.08. The van der Waals surface area contributed by atoms with Crippen LogP contribution in [0.5, 0.6) is 0 Å². The van der Waals surface area contributed by atoms with E-state index in [2.05, 4.69) is 9.88 Å². The zero-order chi connectivity index (χ0) is 15.6. The highest BCUT2D eigenvalue weighted by Crippen LogP contribution is 2.26. The standard InChI is InChI=1S/C15H21N3O3/c1-10-6-7-11-13(12(10)14(19)20-5)16-15(21-11)18(4)9-8-17(2)3/h6-7H,8-9H2,1-5H3. The molecular weight excluding hydrogens is 270 g/mol. The van der Waals surface area contributed by atoms with Gasteiger partial charge in [0.05, 0.1) is 12.7 Å². The van der Waals surface area contributed by atoms with Crippen LogP contribution >= 0.6 is 0 Å². The Bertz CT molecular complexity index is 649. The molecule has 0 N–H and O–H groups in total. The van der Waals surface area contributed by atoms with Crippen molar-refractivity contribution in [1.29, 1.82) is 0 Å². The highest BCUT2D eigenvalue weighted by molar-refractivity contribution is 6.03. The predicted octanol–water partition coefficient (Wildman–Crippen LogP) is 1.92. The second kappa shape index (κ2) is 6.13. The summed E-state index contributed by atoms with van der Waals surface area (Å²) in [6.07, 6.45) is 0. The first-order valence-corrected chi connectivity index (χ1v) is 6.78. The molecule has 0 saturated carbocycles. The molecule has 0 unspecified atom stereocenters. The van der Waals surface area contributed by atoms with E-state index in [-0.39, 0.29) is 0 Å². The molecule has 21 heavy (non-hydrogen) atoms. The number of aryl methyl sites for hydroxylation is 1. The van der Waals surface area contributed by atoms with Gasteiger partial charge in [0, 0.05) is 20.1 Å². The number of hydrogen-bond acceptors (Lipinski definition) is 6. The van der Waals surface area contributed by atoms with E-state index in [1.54, 1.807) is 0 Å². The summed E-state index contributed by atoms with van der Waals surface area (Å²) in [5.41, 5.74) is 2.43. The molecule has 1 aromatic heterocycles. The lowest BCUT2D eigenvalue weighted by Crippen LogP contribution is -2.28. The zero-order valence-electron chi connectivity index (χ0n) is 13.1. The van der Waals surface area contributed by atoms with E-state index in [1.807, 2.05) is 45.1 Å². The number of carbonyl (C=O) groups excluding carboxylic acids is 1. The Morgan fingerprint density at radius 3 is 2.62 bits per heavy atom. The van der Waals surface area contributed by atoms with Crippen LogP contribution in [-0.2, 0) is 4.74 Å². The number of hydrogen-bond donors (Lipinski definition) is 0. The minimum Gasteiger partial charge on any atom is -0.465 e. The number of oxazole rings is 1. The number of rotatable bonds is 5. The Morgan fingerprint density at radius 1 is 1.29 bits per heavy atom. The molecule has 0 aliphatic rings. The molecule has 0 aliphatic heterocycles. The number of esters is 1. The normalized spacial score (nSPS) is 11.1. The van der Waals surface area contributed by atoms with Crippen molar-refractivity contribution in [2.75, 3.05) is 46.2 Å². The summed E-state index contributed by atoms with van der Waals surface area (Å²) >= 11 is 0. The maximum atomic E-state index is 11.9. The van der Waals surface area contributed by atoms with Gasteiger partial charge in [-0.3, -0.25) is 0 Å². The largest absolute Gasteiger partial charge is 0.465 e. The Kier molecular flexibility index (Phi) is 4.47. The van der Waals surface area contributed by atoms with Crippen molar-refractivity contribution < 1.29 is 13.9 Å². The Labute approximate surface area is 124 Å². The lowest BCUT2D eigenvalue weighted by molar-refractivity contribution is 0.0602. The van der Waals surface area contributed by atoms with Crippen molar-refractivity contribution in [3.63, 3.8) is 0 Å². The molecule has 0 fully saturated rings. The van der Waals surface area contributed by atoms with Crippen LogP contribution < -0.4 is 4.90 Å². The van der Waals surface area contributed by atoms with E-state index in [0.717, 1.165) is 18.7 Å². The first-order chi connectivity index (χ1) is 9.93. The number of anilines is 1. The van der Waals surface area contributed by atoms with E-state index < -0.39 is 5.97 Å². The van der Waals surface area contributed by atoms with Crippen LogP contribution in [0.1, 0.15) is 15.9 Å². The molecule has 6 nitrogen and oxygen atoms in total. The molecule has 2 rings (SSSR count). The molecule has 0 spiro atoms. The van der Waals surface area contributed by atoms with E-state index in [1.165, 1.54) is 7.11 Å². The molecule has 0 bridgehead atoms. The average molecular weight is 291 g/mol. The average Bonchev–Trinajstić information content (AvgIpc) is 2.87. The Morgan fingerprint density at radius 2 is 2.00 bits per heavy atom. The second-order valence-corrected chi connectivity index (χ2v) is 5.32. The van der Waals surface area contributed by atoms with Gasteiger partial charge in [-0.25, -0.2) is 4.79 Å². The fourth-order valence-corrected chi connectivity index (χ4v) is 2.05. The third kappa shape index (κ3) is 3.16. The molecule has 2 aromatic rings. The predicted molar refractivity (Wildman–Crippen MR) is 81.9 cm³/mol. The van der Waals surface area contributed by atoms with Crippen LogP contribution in [-0.4, -0.2) is 57.2 Å². The van der Waals surface area contributed by atoms with Crippen molar-refractivity contribution in [3.8, 4) is 0 Å². The summed E-state index contributed by atoms with van der Waals surface area (Å²) in [6.45, 7) is 3.53. The molecular formula is C15H21N3O3. The van der Waals surface area contributed by atoms with Gasteiger partial charge in [-0.2, -0.15) is 4.98 Å². The van der Waals surface area contributed by atoms with Gasteiger partial charge in [0.1, 0.15) is 5.52 Å². The van der Waals surface area contributed by atoms with Crippen molar-refractivity contribution in [1.82, 2.24) is 9.88 Å². The SMILES string of the molecule is COC(=O)c1c(C)ccc2oc(N(C)CCN(C)C)nc12. The summed E-state index contributed by atoms with van der Waals surface area (Å²) in [7, 11) is 7.31. The van der Waals surface area contributed by atoms with Crippen molar-refractivity contribution in [3.05, 3.63) is 23.3 Å². The molecule has 1 heterocycles. The van der Waals surface area contributed by atoms with Crippen LogP contribution in [0.4, 0.5) is 6.01 Å². The zero-order valence-corrected chi connectivity index (χ0v) is 13.1. The maximum Gasteiger partial charge on any atom is 0.340 e. The number of fused-ring (bicyclic) bond motifs is 1. The van der Waals surface area contributed by atoms with E-state index >= 15 is 0 Å². The van der Waals surface area contributed by atoms with Crippen LogP contribution in [0.15, 0.2) is 16.5 Å². The number of ether oxygens (including phenoxy) is 1. The third-order valence-electron chi connectivity index (χ3n) is 3.36. The van der Waals surface area contributed by atoms with E-state index in [0.29, 0.717) is 22.7 Å². The van der Waals surface area contributed by atoms with Gasteiger partial charge in [-0.1, -0.05) is 6.07 Å². The van der Waals surface area contributed by atoms with Gasteiger partial charge in [-0.05, 0) is 32.6 Å². The lowest BCUT2D eigenvalue weighted by atomic mass is 10.1. The minimum atomic E-state index is -0.395. The molecule has 1 aromatic carbocycles. The topological polar surface area (TPSA) is 58.8 Å². The van der Waals surface area contributed by atoms with Gasteiger partial charge in [-0.15, -0.1) is 0 Å². The monoisotopic (exact) mass is 291 g/mol. The summed E-state index contributed by atoms with van der Waals surface area (Å²) in [6, 6.07) is 4.17. The molecule has 6 heteroatoms. The molecule has 0 amide bonds. The van der Waals surface area contributed by atoms with Crippen molar-refractivity contribution in [2.24, 2.45) is 0 Å². The molecule has 0 saturated heterocycles. The summed E-state index contributed by atoms with van der Waals surface area (Å²) in [4.78, 5) is 20.4. The van der Waals surface area contributed by atoms with Gasteiger partial charge in [0.25, 0.3) is 6.01 Å². The minimum absolute atomic E-state index is 0.395. The second-order valence-electron chi connectivity index (χ2n) is 5.32. The number of nitrogens with zero attached hydrogens (tertiary/aromatic N) is 3. The quantitative estimate of drug-likeness (QED) is 0.784. The van der Waals surface area contributed by atoms with Crippen molar-refractivity contribution >= 4 is 23.1 Å². The van der Waals surface area contributed by atoms with Gasteiger partial charge >= 0.3 is 5.97 Å². The number of carbonyl (C=O) groups is 1. The highest BCUT2D eigenvalue weighted by Gasteiger charge is 2.19. The van der Waals surface area contributed by atoms with E-state index in [4.69, 9.17) is 9.15 Å². The number of methoxy groups -OCH3 is 1. The fraction of sp³-hybridized carbons (Fsp3) is 0.467. The third-order valence-corrected chi connectivity index (χ3v) is 3.36. The maximum absolute atomic E-state index is 11.9. The van der Waals surface area contributed by atoms with Crippen molar-refractivity contribution in [2.45, 2.75) is 6.92 Å². The smallest absolute Gasteiger partial charge is 0.340 e. The number of likely N-dealkylation sites (N-methyl/N-ethyl adjacent to an activating group) is 2. The van der Waals surface area contributed by atoms with Crippen LogP contribution in [0, 0.1) is 6.92 Å². The van der Waals surface area contributed by atoms with Gasteiger partial charge in [0.2, 0.25) is 0 Å². The van der Waals surface area contributed by atoms with Crippen LogP contribution in [0.3, 0.4) is 0 Å². The molecule has 0 aliphatic carbocycles. The highest BCUT2D eigenvalue weighted by atomic mass is 16.5. The van der Waals surface area contributed by atoms with Gasteiger partial charge in [0.15, 0.2) is 5.58 Å². The molecule has 114 valence electrons.